The van der Waals surface area contributed by atoms with Crippen molar-refractivity contribution in [2.75, 3.05) is 5.43 Å². The van der Waals surface area contributed by atoms with Crippen LogP contribution >= 0.6 is 0 Å². The summed E-state index contributed by atoms with van der Waals surface area (Å²) in [6.07, 6.45) is 0. The van der Waals surface area contributed by atoms with E-state index in [4.69, 9.17) is 5.53 Å². The molecule has 0 saturated heterocycles. The molecule has 0 fully saturated rings. The van der Waals surface area contributed by atoms with Crippen LogP contribution in [0, 0.1) is 15.6 Å². The second-order valence-electron chi connectivity index (χ2n) is 2.00. The molecule has 0 aliphatic rings. The predicted octanol–water partition coefficient (Wildman–Crippen LogP) is 1.95. The summed E-state index contributed by atoms with van der Waals surface area (Å²) in [5.74, 6) is 0. The molecule has 1 aromatic rings. The maximum atomic E-state index is 10.4. The minimum Gasteiger partial charge on any atom is -0.258 e. The van der Waals surface area contributed by atoms with Crippen LogP contribution in [0.5, 0.6) is 0 Å². The number of nitrogens with zero attached hydrogens (tertiary/aromatic N) is 2. The van der Waals surface area contributed by atoms with Crippen LogP contribution in [0.1, 0.15) is 0 Å². The Morgan fingerprint density at radius 3 is 2.75 bits per heavy atom. The Morgan fingerprint density at radius 1 is 1.50 bits per heavy atom. The first-order chi connectivity index (χ1) is 5.75. The van der Waals surface area contributed by atoms with Crippen molar-refractivity contribution < 1.29 is 4.92 Å². The standard InChI is InChI=1S/C6H6N4O2/c7-9-8-5-3-1-2-4-6(5)10(11)12/h1-4H,(H2,7,8). The van der Waals surface area contributed by atoms with Gasteiger partial charge in [0.15, 0.2) is 0 Å². The lowest BCUT2D eigenvalue weighted by Gasteiger charge is -1.98. The van der Waals surface area contributed by atoms with Crippen LogP contribution in [0.15, 0.2) is 29.5 Å². The maximum absolute atomic E-state index is 10.4. The number of para-hydroxylation sites is 2. The SMILES string of the molecule is N=NNc1ccccc1[N+](=O)[O-]. The predicted molar refractivity (Wildman–Crippen MR) is 41.9 cm³/mol. The first-order valence-corrected chi connectivity index (χ1v) is 3.11. The largest absolute Gasteiger partial charge is 0.294 e. The van der Waals surface area contributed by atoms with Crippen LogP contribution in [-0.2, 0) is 0 Å². The lowest BCUT2D eigenvalue weighted by molar-refractivity contribution is -0.384. The van der Waals surface area contributed by atoms with Crippen molar-refractivity contribution in [1.29, 1.82) is 5.53 Å². The molecule has 0 heterocycles. The van der Waals surface area contributed by atoms with Gasteiger partial charge < -0.3 is 0 Å². The maximum Gasteiger partial charge on any atom is 0.294 e. The molecule has 12 heavy (non-hydrogen) atoms. The highest BCUT2D eigenvalue weighted by Gasteiger charge is 2.10. The summed E-state index contributed by atoms with van der Waals surface area (Å²) in [5, 5.41) is 13.2. The molecule has 0 aliphatic carbocycles. The van der Waals surface area contributed by atoms with Gasteiger partial charge in [-0.1, -0.05) is 17.4 Å². The molecule has 0 amide bonds. The van der Waals surface area contributed by atoms with Gasteiger partial charge in [-0.25, -0.2) is 0 Å². The first kappa shape index (κ1) is 8.12. The van der Waals surface area contributed by atoms with Gasteiger partial charge in [0.25, 0.3) is 5.69 Å². The molecule has 0 saturated carbocycles. The average Bonchev–Trinajstić information content (AvgIpc) is 2.05. The normalized spacial score (nSPS) is 9.00. The number of hydrogen-bond donors (Lipinski definition) is 2. The number of anilines is 1. The third-order valence-corrected chi connectivity index (χ3v) is 1.28. The van der Waals surface area contributed by atoms with E-state index in [1.165, 1.54) is 12.1 Å². The Morgan fingerprint density at radius 2 is 2.17 bits per heavy atom. The lowest BCUT2D eigenvalue weighted by Crippen LogP contribution is -1.94. The van der Waals surface area contributed by atoms with Gasteiger partial charge in [-0.05, 0) is 6.07 Å². The molecule has 6 nitrogen and oxygen atoms in total. The summed E-state index contributed by atoms with van der Waals surface area (Å²) in [5.41, 5.74) is 8.81. The molecule has 1 rings (SSSR count). The molecular formula is C6H6N4O2. The molecule has 0 atom stereocenters. The van der Waals surface area contributed by atoms with Crippen molar-refractivity contribution in [3.63, 3.8) is 0 Å². The molecule has 0 spiro atoms. The minimum atomic E-state index is -0.534. The lowest BCUT2D eigenvalue weighted by atomic mass is 10.3. The summed E-state index contributed by atoms with van der Waals surface area (Å²) in [6, 6.07) is 6.00. The highest BCUT2D eigenvalue weighted by Crippen LogP contribution is 2.22. The van der Waals surface area contributed by atoms with E-state index in [1.807, 2.05) is 0 Å². The van der Waals surface area contributed by atoms with E-state index >= 15 is 0 Å². The van der Waals surface area contributed by atoms with Crippen molar-refractivity contribution in [3.05, 3.63) is 34.4 Å². The molecule has 62 valence electrons. The third-order valence-electron chi connectivity index (χ3n) is 1.28. The number of benzene rings is 1. The molecule has 2 N–H and O–H groups in total. The second-order valence-corrected chi connectivity index (χ2v) is 2.00. The van der Waals surface area contributed by atoms with Crippen molar-refractivity contribution in [2.24, 2.45) is 5.22 Å². The summed E-state index contributed by atoms with van der Waals surface area (Å²) in [7, 11) is 0. The van der Waals surface area contributed by atoms with Crippen LogP contribution in [0.2, 0.25) is 0 Å². The zero-order valence-corrected chi connectivity index (χ0v) is 6.02. The Labute approximate surface area is 67.8 Å². The van der Waals surface area contributed by atoms with Gasteiger partial charge >= 0.3 is 0 Å². The fourth-order valence-corrected chi connectivity index (χ4v) is 0.788. The number of nitro benzene ring substituents is 1. The van der Waals surface area contributed by atoms with E-state index in [0.717, 1.165) is 0 Å². The monoisotopic (exact) mass is 166 g/mol. The smallest absolute Gasteiger partial charge is 0.258 e. The van der Waals surface area contributed by atoms with E-state index in [0.29, 0.717) is 0 Å². The number of nitro groups is 1. The number of nitrogens with one attached hydrogen (secondary N) is 2. The highest BCUT2D eigenvalue weighted by molar-refractivity contribution is 5.60. The van der Waals surface area contributed by atoms with Gasteiger partial charge in [-0.15, -0.1) is 0 Å². The Kier molecular flexibility index (Phi) is 2.32. The second kappa shape index (κ2) is 3.42. The van der Waals surface area contributed by atoms with E-state index in [1.54, 1.807) is 12.1 Å². The van der Waals surface area contributed by atoms with Crippen LogP contribution in [0.3, 0.4) is 0 Å². The van der Waals surface area contributed by atoms with Crippen molar-refractivity contribution >= 4 is 11.4 Å². The minimum absolute atomic E-state index is 0.0894. The highest BCUT2D eigenvalue weighted by atomic mass is 16.6. The van der Waals surface area contributed by atoms with E-state index < -0.39 is 4.92 Å². The van der Waals surface area contributed by atoms with Crippen LogP contribution in [0.25, 0.3) is 0 Å². The van der Waals surface area contributed by atoms with Crippen LogP contribution < -0.4 is 5.43 Å². The van der Waals surface area contributed by atoms with E-state index in [9.17, 15) is 10.1 Å². The van der Waals surface area contributed by atoms with E-state index in [2.05, 4.69) is 10.6 Å². The molecule has 0 unspecified atom stereocenters. The number of rotatable bonds is 3. The van der Waals surface area contributed by atoms with Crippen LogP contribution in [-0.4, -0.2) is 4.92 Å². The third kappa shape index (κ3) is 1.54. The summed E-state index contributed by atoms with van der Waals surface area (Å²) in [6.45, 7) is 0. The van der Waals surface area contributed by atoms with Gasteiger partial charge in [0.05, 0.1) is 4.92 Å². The summed E-state index contributed by atoms with van der Waals surface area (Å²) < 4.78 is 0. The molecule has 1 aromatic carbocycles. The van der Waals surface area contributed by atoms with Gasteiger partial charge in [-0.3, -0.25) is 15.5 Å². The molecule has 0 bridgehead atoms. The average molecular weight is 166 g/mol. The Bertz CT molecular complexity index is 312. The quantitative estimate of drug-likeness (QED) is 0.408. The van der Waals surface area contributed by atoms with Crippen LogP contribution in [0.4, 0.5) is 11.4 Å². The van der Waals surface area contributed by atoms with Gasteiger partial charge in [-0.2, -0.15) is 5.53 Å². The Balaban J connectivity index is 3.07. The zero-order valence-electron chi connectivity index (χ0n) is 6.02. The van der Waals surface area contributed by atoms with Gasteiger partial charge in [0.2, 0.25) is 0 Å². The fraction of sp³-hybridized carbons (Fsp3) is 0. The van der Waals surface area contributed by atoms with E-state index in [-0.39, 0.29) is 11.4 Å². The van der Waals surface area contributed by atoms with Crippen molar-refractivity contribution in [2.45, 2.75) is 0 Å². The Hall–Kier alpha value is -1.98. The molecule has 0 aliphatic heterocycles. The van der Waals surface area contributed by atoms with Crippen molar-refractivity contribution in [1.82, 2.24) is 0 Å². The molecule has 0 aromatic heterocycles. The van der Waals surface area contributed by atoms with Gasteiger partial charge in [0, 0.05) is 6.07 Å². The molecular weight excluding hydrogens is 160 g/mol. The zero-order chi connectivity index (χ0) is 8.97. The topological polar surface area (TPSA) is 91.4 Å². The summed E-state index contributed by atoms with van der Waals surface area (Å²) in [4.78, 5) is 9.83. The fourth-order valence-electron chi connectivity index (χ4n) is 0.788. The van der Waals surface area contributed by atoms with Gasteiger partial charge in [0.1, 0.15) is 5.69 Å². The first-order valence-electron chi connectivity index (χ1n) is 3.11. The molecule has 6 heteroatoms. The van der Waals surface area contributed by atoms with Crippen molar-refractivity contribution in [3.8, 4) is 0 Å². The molecule has 0 radical (unpaired) electrons. The summed E-state index contributed by atoms with van der Waals surface area (Å²) >= 11 is 0. The number of hydrogen-bond acceptors (Lipinski definition) is 4.